The maximum Gasteiger partial charge on any atom is 0.379 e. The fourth-order valence-electron chi connectivity index (χ4n) is 1.17. The molecule has 1 N–H and O–H groups in total. The Balaban J connectivity index is 2.91. The Bertz CT molecular complexity index is 469. The maximum atomic E-state index is 11.4. The Kier molecular flexibility index (Phi) is 6.08. The highest BCUT2D eigenvalue weighted by Crippen LogP contribution is 2.15. The minimum atomic E-state index is -0.891. The quantitative estimate of drug-likeness (QED) is 0.370. The van der Waals surface area contributed by atoms with Gasteiger partial charge >= 0.3 is 5.97 Å². The molecular formula is C13H16N2O4. The summed E-state index contributed by atoms with van der Waals surface area (Å²) in [6.07, 6.45) is 0. The van der Waals surface area contributed by atoms with Crippen molar-refractivity contribution >= 4 is 11.7 Å². The van der Waals surface area contributed by atoms with E-state index in [4.69, 9.17) is 4.74 Å². The average molecular weight is 264 g/mol. The van der Waals surface area contributed by atoms with Crippen molar-refractivity contribution in [3.63, 3.8) is 0 Å². The molecule has 0 amide bonds. The molecule has 0 heterocycles. The summed E-state index contributed by atoms with van der Waals surface area (Å²) >= 11 is 0. The Labute approximate surface area is 111 Å². The molecule has 0 atom stereocenters. The van der Waals surface area contributed by atoms with Crippen molar-refractivity contribution in [2.45, 2.75) is 13.8 Å². The monoisotopic (exact) mass is 264 g/mol. The molecule has 0 spiro atoms. The first-order valence-electron chi connectivity index (χ1n) is 5.89. The van der Waals surface area contributed by atoms with E-state index in [-0.39, 0.29) is 19.1 Å². The summed E-state index contributed by atoms with van der Waals surface area (Å²) in [7, 11) is 0. The first kappa shape index (κ1) is 14.7. The van der Waals surface area contributed by atoms with Crippen LogP contribution in [-0.4, -0.2) is 24.3 Å². The van der Waals surface area contributed by atoms with Gasteiger partial charge in [0.1, 0.15) is 0 Å². The average Bonchev–Trinajstić information content (AvgIpc) is 2.44. The van der Waals surface area contributed by atoms with Crippen LogP contribution in [-0.2, 0) is 14.3 Å². The molecule has 0 saturated carbocycles. The van der Waals surface area contributed by atoms with Crippen molar-refractivity contribution in [1.29, 1.82) is 0 Å². The predicted molar refractivity (Wildman–Crippen MR) is 68.9 cm³/mol. The van der Waals surface area contributed by atoms with Crippen LogP contribution >= 0.6 is 0 Å². The van der Waals surface area contributed by atoms with Crippen molar-refractivity contribution < 1.29 is 19.4 Å². The van der Waals surface area contributed by atoms with Gasteiger partial charge < -0.3 is 14.6 Å². The van der Waals surface area contributed by atoms with Crippen molar-refractivity contribution in [1.82, 2.24) is 0 Å². The van der Waals surface area contributed by atoms with Gasteiger partial charge in [-0.05, 0) is 26.0 Å². The molecule has 102 valence electrons. The Morgan fingerprint density at radius 2 is 1.79 bits per heavy atom. The zero-order valence-corrected chi connectivity index (χ0v) is 10.9. The molecule has 0 saturated heterocycles. The van der Waals surface area contributed by atoms with Crippen molar-refractivity contribution in [2.24, 2.45) is 10.2 Å². The van der Waals surface area contributed by atoms with Crippen LogP contribution in [0.3, 0.4) is 0 Å². The molecule has 0 aliphatic heterocycles. The Hall–Kier alpha value is -2.37. The van der Waals surface area contributed by atoms with E-state index in [1.165, 1.54) is 0 Å². The first-order chi connectivity index (χ1) is 9.19. The lowest BCUT2D eigenvalue weighted by Gasteiger charge is -2.05. The lowest BCUT2D eigenvalue weighted by Crippen LogP contribution is -2.10. The SMILES string of the molecule is CCOC(=O)C(O)=C(N=Nc1ccccc1)OCC. The summed E-state index contributed by atoms with van der Waals surface area (Å²) in [4.78, 5) is 11.4. The number of azo groups is 1. The molecule has 6 heteroatoms. The highest BCUT2D eigenvalue weighted by Gasteiger charge is 2.16. The number of hydrogen-bond donors (Lipinski definition) is 1. The number of carbonyl (C=O) groups is 1. The number of aliphatic hydroxyl groups excluding tert-OH is 1. The maximum absolute atomic E-state index is 11.4. The lowest BCUT2D eigenvalue weighted by molar-refractivity contribution is -0.142. The van der Waals surface area contributed by atoms with Gasteiger partial charge in [0.05, 0.1) is 18.9 Å². The fourth-order valence-corrected chi connectivity index (χ4v) is 1.17. The van der Waals surface area contributed by atoms with Gasteiger partial charge in [-0.15, -0.1) is 10.2 Å². The fraction of sp³-hybridized carbons (Fsp3) is 0.308. The van der Waals surface area contributed by atoms with Crippen LogP contribution < -0.4 is 0 Å². The van der Waals surface area contributed by atoms with Crippen LogP contribution in [0.2, 0.25) is 0 Å². The molecular weight excluding hydrogens is 248 g/mol. The van der Waals surface area contributed by atoms with Crippen LogP contribution in [0, 0.1) is 0 Å². The summed E-state index contributed by atoms with van der Waals surface area (Å²) < 4.78 is 9.72. The molecule has 6 nitrogen and oxygen atoms in total. The molecule has 0 aliphatic carbocycles. The second kappa shape index (κ2) is 7.86. The summed E-state index contributed by atoms with van der Waals surface area (Å²) in [5.74, 6) is -1.84. The third kappa shape index (κ3) is 4.79. The molecule has 0 aromatic heterocycles. The number of hydrogen-bond acceptors (Lipinski definition) is 6. The largest absolute Gasteiger partial charge is 0.498 e. The van der Waals surface area contributed by atoms with Gasteiger partial charge in [0.25, 0.3) is 11.6 Å². The van der Waals surface area contributed by atoms with Crippen LogP contribution in [0.15, 0.2) is 52.2 Å². The minimum Gasteiger partial charge on any atom is -0.498 e. The van der Waals surface area contributed by atoms with E-state index in [0.717, 1.165) is 0 Å². The highest BCUT2D eigenvalue weighted by atomic mass is 16.6. The molecule has 19 heavy (non-hydrogen) atoms. The Morgan fingerprint density at radius 1 is 1.16 bits per heavy atom. The summed E-state index contributed by atoms with van der Waals surface area (Å²) in [5, 5.41) is 17.2. The number of ether oxygens (including phenoxy) is 2. The van der Waals surface area contributed by atoms with E-state index in [9.17, 15) is 9.90 Å². The zero-order chi connectivity index (χ0) is 14.1. The molecule has 1 aromatic carbocycles. The molecule has 0 aliphatic rings. The van der Waals surface area contributed by atoms with Crippen LogP contribution in [0.4, 0.5) is 5.69 Å². The summed E-state index contributed by atoms with van der Waals surface area (Å²) in [5.41, 5.74) is 0.580. The van der Waals surface area contributed by atoms with E-state index in [2.05, 4.69) is 15.0 Å². The van der Waals surface area contributed by atoms with Crippen molar-refractivity contribution in [3.8, 4) is 0 Å². The number of benzene rings is 1. The van der Waals surface area contributed by atoms with E-state index in [0.29, 0.717) is 5.69 Å². The van der Waals surface area contributed by atoms with Gasteiger partial charge in [0.2, 0.25) is 0 Å². The lowest BCUT2D eigenvalue weighted by atomic mass is 10.3. The summed E-state index contributed by atoms with van der Waals surface area (Å²) in [6.45, 7) is 3.73. The summed E-state index contributed by atoms with van der Waals surface area (Å²) in [6, 6.07) is 8.89. The van der Waals surface area contributed by atoms with Gasteiger partial charge in [-0.1, -0.05) is 18.2 Å². The van der Waals surface area contributed by atoms with E-state index >= 15 is 0 Å². The number of aliphatic hydroxyl groups is 1. The molecule has 0 bridgehead atoms. The highest BCUT2D eigenvalue weighted by molar-refractivity contribution is 5.86. The number of esters is 1. The zero-order valence-electron chi connectivity index (χ0n) is 10.9. The molecule has 0 unspecified atom stereocenters. The predicted octanol–water partition coefficient (Wildman–Crippen LogP) is 3.10. The molecule has 1 rings (SSSR count). The molecule has 0 radical (unpaired) electrons. The first-order valence-corrected chi connectivity index (χ1v) is 5.89. The van der Waals surface area contributed by atoms with E-state index < -0.39 is 11.7 Å². The van der Waals surface area contributed by atoms with E-state index in [1.807, 2.05) is 6.07 Å². The standard InChI is InChI=1S/C13H16N2O4/c1-3-18-12(11(16)13(17)19-4-2)15-14-10-8-6-5-7-9-10/h5-9,16H,3-4H2,1-2H3. The van der Waals surface area contributed by atoms with Gasteiger partial charge in [-0.3, -0.25) is 0 Å². The smallest absolute Gasteiger partial charge is 0.379 e. The second-order valence-electron chi connectivity index (χ2n) is 3.34. The van der Waals surface area contributed by atoms with Crippen molar-refractivity contribution in [2.75, 3.05) is 13.2 Å². The van der Waals surface area contributed by atoms with E-state index in [1.54, 1.807) is 38.1 Å². The third-order valence-electron chi connectivity index (χ3n) is 1.96. The van der Waals surface area contributed by atoms with Gasteiger partial charge in [-0.2, -0.15) is 0 Å². The number of rotatable bonds is 6. The second-order valence-corrected chi connectivity index (χ2v) is 3.34. The number of nitrogens with zero attached hydrogens (tertiary/aromatic N) is 2. The molecule has 0 fully saturated rings. The molecule has 1 aromatic rings. The van der Waals surface area contributed by atoms with Gasteiger partial charge in [0.15, 0.2) is 0 Å². The van der Waals surface area contributed by atoms with Crippen molar-refractivity contribution in [3.05, 3.63) is 42.0 Å². The minimum absolute atomic E-state index is 0.151. The van der Waals surface area contributed by atoms with Crippen LogP contribution in [0.5, 0.6) is 0 Å². The third-order valence-corrected chi connectivity index (χ3v) is 1.96. The van der Waals surface area contributed by atoms with Gasteiger partial charge in [0, 0.05) is 0 Å². The Morgan fingerprint density at radius 3 is 2.37 bits per heavy atom. The van der Waals surface area contributed by atoms with Crippen LogP contribution in [0.25, 0.3) is 0 Å². The topological polar surface area (TPSA) is 80.5 Å². The normalized spacial score (nSPS) is 12.1. The number of carbonyl (C=O) groups excluding carboxylic acids is 1. The van der Waals surface area contributed by atoms with Crippen LogP contribution in [0.1, 0.15) is 13.8 Å². The van der Waals surface area contributed by atoms with Gasteiger partial charge in [-0.25, -0.2) is 4.79 Å².